The summed E-state index contributed by atoms with van der Waals surface area (Å²) in [7, 11) is 0. The maximum Gasteiger partial charge on any atom is 0.307 e. The van der Waals surface area contributed by atoms with Crippen LogP contribution >= 0.6 is 11.8 Å². The summed E-state index contributed by atoms with van der Waals surface area (Å²) in [6.07, 6.45) is 10.2. The number of rotatable bonds is 8. The molecule has 1 aliphatic rings. The van der Waals surface area contributed by atoms with E-state index in [1.807, 2.05) is 40.7 Å². The summed E-state index contributed by atoms with van der Waals surface area (Å²) >= 11 is 1.83. The number of benzene rings is 1. The zero-order chi connectivity index (χ0) is 16.0. The van der Waals surface area contributed by atoms with Gasteiger partial charge in [0.2, 0.25) is 0 Å². The van der Waals surface area contributed by atoms with Gasteiger partial charge in [0.05, 0.1) is 19.4 Å². The minimum absolute atomic E-state index is 0.0444. The molecule has 3 rings (SSSR count). The van der Waals surface area contributed by atoms with Gasteiger partial charge in [-0.2, -0.15) is 0 Å². The van der Waals surface area contributed by atoms with Gasteiger partial charge in [0.1, 0.15) is 0 Å². The quantitative estimate of drug-likeness (QED) is 0.543. The van der Waals surface area contributed by atoms with E-state index in [9.17, 15) is 4.79 Å². The lowest BCUT2D eigenvalue weighted by molar-refractivity contribution is -0.145. The molecule has 5 heteroatoms. The van der Waals surface area contributed by atoms with Crippen molar-refractivity contribution in [2.45, 2.75) is 48.3 Å². The molecule has 2 aromatic rings. The number of carbonyl (C=O) groups excluding carboxylic acids is 1. The molecule has 0 bridgehead atoms. The lowest BCUT2D eigenvalue weighted by atomic mass is 9.82. The topological polar surface area (TPSA) is 44.1 Å². The van der Waals surface area contributed by atoms with E-state index < -0.39 is 0 Å². The van der Waals surface area contributed by atoms with Crippen LogP contribution in [0.4, 0.5) is 0 Å². The van der Waals surface area contributed by atoms with Gasteiger partial charge in [-0.25, -0.2) is 4.98 Å². The predicted molar refractivity (Wildman–Crippen MR) is 91.3 cm³/mol. The number of aromatic nitrogens is 2. The Morgan fingerprint density at radius 3 is 2.78 bits per heavy atom. The molecular weight excluding hydrogens is 308 g/mol. The molecule has 1 heterocycles. The summed E-state index contributed by atoms with van der Waals surface area (Å²) < 4.78 is 7.46. The van der Waals surface area contributed by atoms with Crippen LogP contribution < -0.4 is 0 Å². The molecule has 0 spiro atoms. The van der Waals surface area contributed by atoms with E-state index in [0.29, 0.717) is 13.0 Å². The van der Waals surface area contributed by atoms with E-state index in [-0.39, 0.29) is 10.7 Å². The first-order chi connectivity index (χ1) is 11.3. The Kier molecular flexibility index (Phi) is 5.39. The Labute approximate surface area is 141 Å². The average Bonchev–Trinajstić information content (AvgIpc) is 3.04. The molecule has 1 aliphatic carbocycles. The van der Waals surface area contributed by atoms with Gasteiger partial charge < -0.3 is 9.30 Å². The van der Waals surface area contributed by atoms with Crippen LogP contribution in [0.25, 0.3) is 0 Å². The summed E-state index contributed by atoms with van der Waals surface area (Å²) in [6, 6.07) is 10.3. The normalized spacial score (nSPS) is 15.8. The Morgan fingerprint density at radius 2 is 2.13 bits per heavy atom. The Bertz CT molecular complexity index is 609. The van der Waals surface area contributed by atoms with Crippen molar-refractivity contribution in [2.24, 2.45) is 0 Å². The summed E-state index contributed by atoms with van der Waals surface area (Å²) in [6.45, 7) is 1.31. The molecule has 0 unspecified atom stereocenters. The second kappa shape index (κ2) is 7.68. The van der Waals surface area contributed by atoms with Crippen LogP contribution in [-0.2, 0) is 16.1 Å². The van der Waals surface area contributed by atoms with E-state index >= 15 is 0 Å². The largest absolute Gasteiger partial charge is 0.466 e. The summed E-state index contributed by atoms with van der Waals surface area (Å²) in [5.41, 5.74) is 0. The molecule has 0 N–H and O–H groups in total. The minimum atomic E-state index is -0.0706. The highest BCUT2D eigenvalue weighted by Gasteiger charge is 2.40. The average molecular weight is 330 g/mol. The number of carbonyl (C=O) groups is 1. The fraction of sp³-hybridized carbons (Fsp3) is 0.444. The van der Waals surface area contributed by atoms with Gasteiger partial charge in [-0.1, -0.05) is 24.6 Å². The monoisotopic (exact) mass is 330 g/mol. The molecule has 1 aromatic heterocycles. The third kappa shape index (κ3) is 4.61. The van der Waals surface area contributed by atoms with Gasteiger partial charge in [-0.3, -0.25) is 4.79 Å². The fourth-order valence-corrected chi connectivity index (χ4v) is 4.27. The molecule has 0 aliphatic heterocycles. The van der Waals surface area contributed by atoms with Gasteiger partial charge in [-0.15, -0.1) is 11.8 Å². The molecule has 4 nitrogen and oxygen atoms in total. The number of nitrogens with zero attached hydrogens (tertiary/aromatic N) is 2. The number of thioether (sulfide) groups is 1. The number of hydrogen-bond acceptors (Lipinski definition) is 4. The van der Waals surface area contributed by atoms with Gasteiger partial charge in [0.15, 0.2) is 0 Å². The highest BCUT2D eigenvalue weighted by Crippen LogP contribution is 2.50. The summed E-state index contributed by atoms with van der Waals surface area (Å²) in [5, 5.41) is 0. The standard InChI is InChI=1S/C18H22N2O2S/c21-17(22-13-5-11-20-12-10-19-15-20)14-18(8-4-9-18)23-16-6-2-1-3-7-16/h1-3,6-7,10,12,15H,4-5,8-9,11,13-14H2. The summed E-state index contributed by atoms with van der Waals surface area (Å²) in [4.78, 5) is 17.4. The summed E-state index contributed by atoms with van der Waals surface area (Å²) in [5.74, 6) is -0.0706. The lowest BCUT2D eigenvalue weighted by Crippen LogP contribution is -2.36. The zero-order valence-corrected chi connectivity index (χ0v) is 14.0. The van der Waals surface area contributed by atoms with Crippen molar-refractivity contribution >= 4 is 17.7 Å². The number of esters is 1. The van der Waals surface area contributed by atoms with Crippen LogP contribution in [0.5, 0.6) is 0 Å². The number of imidazole rings is 1. The van der Waals surface area contributed by atoms with Crippen LogP contribution in [0, 0.1) is 0 Å². The molecular formula is C18H22N2O2S. The Morgan fingerprint density at radius 1 is 1.30 bits per heavy atom. The van der Waals surface area contributed by atoms with Crippen molar-refractivity contribution in [3.8, 4) is 0 Å². The minimum Gasteiger partial charge on any atom is -0.466 e. The molecule has 0 radical (unpaired) electrons. The van der Waals surface area contributed by atoms with Crippen molar-refractivity contribution < 1.29 is 9.53 Å². The molecule has 0 amide bonds. The smallest absolute Gasteiger partial charge is 0.307 e. The maximum absolute atomic E-state index is 12.1. The molecule has 1 fully saturated rings. The van der Waals surface area contributed by atoms with Crippen LogP contribution in [-0.4, -0.2) is 26.9 Å². The first kappa shape index (κ1) is 16.1. The third-order valence-corrected chi connectivity index (χ3v) is 5.69. The first-order valence-corrected chi connectivity index (χ1v) is 8.93. The highest BCUT2D eigenvalue weighted by atomic mass is 32.2. The molecule has 23 heavy (non-hydrogen) atoms. The van der Waals surface area contributed by atoms with E-state index in [1.54, 1.807) is 12.5 Å². The van der Waals surface area contributed by atoms with Crippen molar-refractivity contribution in [1.82, 2.24) is 9.55 Å². The van der Waals surface area contributed by atoms with Crippen LogP contribution in [0.1, 0.15) is 32.1 Å². The van der Waals surface area contributed by atoms with E-state index in [2.05, 4.69) is 17.1 Å². The first-order valence-electron chi connectivity index (χ1n) is 8.11. The number of ether oxygens (including phenoxy) is 1. The second-order valence-corrected chi connectivity index (χ2v) is 7.54. The lowest BCUT2D eigenvalue weighted by Gasteiger charge is -2.40. The molecule has 0 atom stereocenters. The fourth-order valence-electron chi connectivity index (χ4n) is 2.79. The van der Waals surface area contributed by atoms with Crippen molar-refractivity contribution in [1.29, 1.82) is 0 Å². The van der Waals surface area contributed by atoms with Crippen LogP contribution in [0.2, 0.25) is 0 Å². The van der Waals surface area contributed by atoms with Gasteiger partial charge in [-0.05, 0) is 31.4 Å². The zero-order valence-electron chi connectivity index (χ0n) is 13.2. The van der Waals surface area contributed by atoms with Crippen LogP contribution in [0.3, 0.4) is 0 Å². The Hall–Kier alpha value is -1.75. The molecule has 1 saturated carbocycles. The SMILES string of the molecule is O=C(CC1(Sc2ccccc2)CCC1)OCCCn1ccnc1. The van der Waals surface area contributed by atoms with Crippen molar-refractivity contribution in [3.63, 3.8) is 0 Å². The van der Waals surface area contributed by atoms with E-state index in [4.69, 9.17) is 4.74 Å². The second-order valence-electron chi connectivity index (χ2n) is 6.00. The van der Waals surface area contributed by atoms with Crippen molar-refractivity contribution in [2.75, 3.05) is 6.61 Å². The molecule has 0 saturated heterocycles. The number of hydrogen-bond donors (Lipinski definition) is 0. The van der Waals surface area contributed by atoms with Crippen molar-refractivity contribution in [3.05, 3.63) is 49.1 Å². The highest BCUT2D eigenvalue weighted by molar-refractivity contribution is 8.00. The van der Waals surface area contributed by atoms with E-state index in [0.717, 1.165) is 25.8 Å². The predicted octanol–water partition coefficient (Wildman–Crippen LogP) is 3.92. The number of aryl methyl sites for hydroxylation is 1. The van der Waals surface area contributed by atoms with E-state index in [1.165, 1.54) is 11.3 Å². The molecule has 122 valence electrons. The van der Waals surface area contributed by atoms with Gasteiger partial charge >= 0.3 is 5.97 Å². The van der Waals surface area contributed by atoms with Gasteiger partial charge in [0.25, 0.3) is 0 Å². The van der Waals surface area contributed by atoms with Crippen LogP contribution in [0.15, 0.2) is 53.9 Å². The molecule has 1 aromatic carbocycles. The maximum atomic E-state index is 12.1. The third-order valence-electron chi connectivity index (χ3n) is 4.19. The Balaban J connectivity index is 1.42. The van der Waals surface area contributed by atoms with Gasteiger partial charge in [0, 0.05) is 28.6 Å².